The number of nitrogens with one attached hydrogen (secondary N) is 1. The summed E-state index contributed by atoms with van der Waals surface area (Å²) < 4.78 is 5.11. The first-order chi connectivity index (χ1) is 15.3. The zero-order chi connectivity index (χ0) is 23.1. The number of primary amides is 1. The Kier molecular flexibility index (Phi) is 7.51. The van der Waals surface area contributed by atoms with Crippen molar-refractivity contribution in [1.82, 2.24) is 0 Å². The molecule has 0 saturated heterocycles. The number of thiophene rings is 1. The number of Topliss-reactive ketones (excluding diaryl/α,β-unsaturated/α-hetero) is 1. The number of hydrogen-bond acceptors (Lipinski definition) is 6. The van der Waals surface area contributed by atoms with E-state index in [4.69, 9.17) is 10.5 Å². The third-order valence-electron chi connectivity index (χ3n) is 4.72. The molecule has 0 bridgehead atoms. The van der Waals surface area contributed by atoms with Crippen LogP contribution in [0.15, 0.2) is 66.0 Å². The molecule has 7 nitrogen and oxygen atoms in total. The molecule has 3 aromatic rings. The van der Waals surface area contributed by atoms with Gasteiger partial charge in [0.15, 0.2) is 11.9 Å². The minimum absolute atomic E-state index is 0.0331. The molecular weight excluding hydrogens is 428 g/mol. The number of ether oxygens (including phenoxy) is 1. The van der Waals surface area contributed by atoms with Crippen molar-refractivity contribution in [2.24, 2.45) is 5.73 Å². The van der Waals surface area contributed by atoms with E-state index >= 15 is 0 Å². The molecule has 1 atom stereocenters. The van der Waals surface area contributed by atoms with Crippen molar-refractivity contribution in [3.63, 3.8) is 0 Å². The van der Waals surface area contributed by atoms with Gasteiger partial charge in [0, 0.05) is 12.0 Å². The second-order valence-electron chi connectivity index (χ2n) is 7.02. The molecular formula is C24H22N2O5S. The van der Waals surface area contributed by atoms with Gasteiger partial charge >= 0.3 is 5.97 Å². The summed E-state index contributed by atoms with van der Waals surface area (Å²) in [7, 11) is 0. The van der Waals surface area contributed by atoms with Crippen molar-refractivity contribution >= 4 is 39.9 Å². The van der Waals surface area contributed by atoms with E-state index in [9.17, 15) is 19.2 Å². The van der Waals surface area contributed by atoms with Gasteiger partial charge < -0.3 is 15.8 Å². The SMILES string of the molecule is CC(OC(=O)CCC(=O)c1ccc(-c2ccccc2)cc1)C(=O)Nc1sccc1C(N)=O. The summed E-state index contributed by atoms with van der Waals surface area (Å²) in [5, 5.41) is 4.43. The number of hydrogen-bond donors (Lipinski definition) is 2. The van der Waals surface area contributed by atoms with Crippen LogP contribution >= 0.6 is 11.3 Å². The van der Waals surface area contributed by atoms with Gasteiger partial charge in [-0.05, 0) is 29.5 Å². The number of anilines is 1. The lowest BCUT2D eigenvalue weighted by molar-refractivity contribution is -0.153. The van der Waals surface area contributed by atoms with Gasteiger partial charge in [-0.25, -0.2) is 0 Å². The Morgan fingerprint density at radius 3 is 2.25 bits per heavy atom. The van der Waals surface area contributed by atoms with E-state index in [0.717, 1.165) is 22.5 Å². The molecule has 1 aromatic heterocycles. The topological polar surface area (TPSA) is 116 Å². The normalized spacial score (nSPS) is 11.4. The molecule has 0 aliphatic carbocycles. The molecule has 3 rings (SSSR count). The number of nitrogens with two attached hydrogens (primary N) is 1. The van der Waals surface area contributed by atoms with Crippen molar-refractivity contribution in [2.45, 2.75) is 25.9 Å². The van der Waals surface area contributed by atoms with Crippen LogP contribution in [-0.2, 0) is 14.3 Å². The van der Waals surface area contributed by atoms with Gasteiger partial charge in [0.05, 0.1) is 12.0 Å². The molecule has 32 heavy (non-hydrogen) atoms. The van der Waals surface area contributed by atoms with Crippen LogP contribution in [0.5, 0.6) is 0 Å². The largest absolute Gasteiger partial charge is 0.453 e. The van der Waals surface area contributed by atoms with Crippen LogP contribution in [0.4, 0.5) is 5.00 Å². The third-order valence-corrected chi connectivity index (χ3v) is 5.54. The number of ketones is 1. The highest BCUT2D eigenvalue weighted by molar-refractivity contribution is 7.14. The zero-order valence-corrected chi connectivity index (χ0v) is 18.2. The van der Waals surface area contributed by atoms with Gasteiger partial charge in [-0.1, -0.05) is 54.6 Å². The Morgan fingerprint density at radius 2 is 1.59 bits per heavy atom. The predicted octanol–water partition coefficient (Wildman–Crippen LogP) is 4.05. The average Bonchev–Trinajstić information content (AvgIpc) is 3.26. The van der Waals surface area contributed by atoms with E-state index in [-0.39, 0.29) is 24.2 Å². The van der Waals surface area contributed by atoms with Gasteiger partial charge in [-0.3, -0.25) is 19.2 Å². The smallest absolute Gasteiger partial charge is 0.307 e. The summed E-state index contributed by atoms with van der Waals surface area (Å²) >= 11 is 1.14. The maximum atomic E-state index is 12.4. The molecule has 164 valence electrons. The predicted molar refractivity (Wildman–Crippen MR) is 122 cm³/mol. The molecule has 0 fully saturated rings. The van der Waals surface area contributed by atoms with Crippen LogP contribution in [0.1, 0.15) is 40.5 Å². The van der Waals surface area contributed by atoms with Gasteiger partial charge in [0.1, 0.15) is 5.00 Å². The maximum absolute atomic E-state index is 12.4. The summed E-state index contributed by atoms with van der Waals surface area (Å²) in [5.74, 6) is -2.11. The lowest BCUT2D eigenvalue weighted by Gasteiger charge is -2.13. The van der Waals surface area contributed by atoms with Gasteiger partial charge in [0.2, 0.25) is 0 Å². The fourth-order valence-corrected chi connectivity index (χ4v) is 3.76. The minimum Gasteiger partial charge on any atom is -0.453 e. The van der Waals surface area contributed by atoms with Crippen LogP contribution in [0, 0.1) is 0 Å². The molecule has 0 spiro atoms. The summed E-state index contributed by atoms with van der Waals surface area (Å²) in [6, 6.07) is 18.5. The molecule has 1 unspecified atom stereocenters. The Bertz CT molecular complexity index is 1120. The highest BCUT2D eigenvalue weighted by Crippen LogP contribution is 2.23. The average molecular weight is 451 g/mol. The number of benzene rings is 2. The molecule has 8 heteroatoms. The second kappa shape index (κ2) is 10.5. The van der Waals surface area contributed by atoms with Crippen molar-refractivity contribution in [3.05, 3.63) is 77.2 Å². The molecule has 1 heterocycles. The number of amides is 2. The highest BCUT2D eigenvalue weighted by atomic mass is 32.1. The van der Waals surface area contributed by atoms with Crippen molar-refractivity contribution < 1.29 is 23.9 Å². The Morgan fingerprint density at radius 1 is 0.938 bits per heavy atom. The van der Waals surface area contributed by atoms with Gasteiger partial charge in [0.25, 0.3) is 11.8 Å². The van der Waals surface area contributed by atoms with Crippen molar-refractivity contribution in [3.8, 4) is 11.1 Å². The van der Waals surface area contributed by atoms with Crippen LogP contribution < -0.4 is 11.1 Å². The van der Waals surface area contributed by atoms with Crippen LogP contribution in [0.3, 0.4) is 0 Å². The zero-order valence-electron chi connectivity index (χ0n) is 17.4. The molecule has 0 radical (unpaired) electrons. The van der Waals surface area contributed by atoms with E-state index in [1.165, 1.54) is 13.0 Å². The molecule has 2 amide bonds. The quantitative estimate of drug-likeness (QED) is 0.377. The van der Waals surface area contributed by atoms with Crippen molar-refractivity contribution in [2.75, 3.05) is 5.32 Å². The second-order valence-corrected chi connectivity index (χ2v) is 7.93. The number of rotatable bonds is 9. The molecule has 3 N–H and O–H groups in total. The fourth-order valence-electron chi connectivity index (χ4n) is 2.96. The van der Waals surface area contributed by atoms with E-state index in [2.05, 4.69) is 5.32 Å². The molecule has 2 aromatic carbocycles. The Balaban J connectivity index is 1.48. The maximum Gasteiger partial charge on any atom is 0.307 e. The van der Waals surface area contributed by atoms with Gasteiger partial charge in [-0.2, -0.15) is 0 Å². The summed E-state index contributed by atoms with van der Waals surface area (Å²) in [4.78, 5) is 48.0. The first-order valence-electron chi connectivity index (χ1n) is 9.91. The summed E-state index contributed by atoms with van der Waals surface area (Å²) in [5.41, 5.74) is 7.97. The summed E-state index contributed by atoms with van der Waals surface area (Å²) in [6.45, 7) is 1.41. The van der Waals surface area contributed by atoms with Crippen LogP contribution in [-0.4, -0.2) is 29.7 Å². The molecule has 0 aliphatic heterocycles. The van der Waals surface area contributed by atoms with Crippen LogP contribution in [0.25, 0.3) is 11.1 Å². The standard InChI is InChI=1S/C24H22N2O5S/c1-15(23(30)26-24-19(22(25)29)13-14-32-24)31-21(28)12-11-20(27)18-9-7-17(8-10-18)16-5-3-2-4-6-16/h2-10,13-15H,11-12H2,1H3,(H2,25,29)(H,26,30). The van der Waals surface area contributed by atoms with Crippen LogP contribution in [0.2, 0.25) is 0 Å². The van der Waals surface area contributed by atoms with Gasteiger partial charge in [-0.15, -0.1) is 11.3 Å². The Hall–Kier alpha value is -3.78. The first-order valence-corrected chi connectivity index (χ1v) is 10.8. The lowest BCUT2D eigenvalue weighted by atomic mass is 10.0. The van der Waals surface area contributed by atoms with E-state index < -0.39 is 23.9 Å². The number of esters is 1. The minimum atomic E-state index is -1.09. The Labute approximate surface area is 189 Å². The first kappa shape index (κ1) is 22.9. The fraction of sp³-hybridized carbons (Fsp3) is 0.167. The monoisotopic (exact) mass is 450 g/mol. The van der Waals surface area contributed by atoms with Crippen molar-refractivity contribution in [1.29, 1.82) is 0 Å². The van der Waals surface area contributed by atoms with E-state index in [1.54, 1.807) is 17.5 Å². The highest BCUT2D eigenvalue weighted by Gasteiger charge is 2.21. The third kappa shape index (κ3) is 5.89. The van der Waals surface area contributed by atoms with E-state index in [1.807, 2.05) is 42.5 Å². The molecule has 0 aliphatic rings. The lowest BCUT2D eigenvalue weighted by Crippen LogP contribution is -2.30. The number of carbonyl (C=O) groups is 4. The molecule has 0 saturated carbocycles. The van der Waals surface area contributed by atoms with E-state index in [0.29, 0.717) is 10.6 Å². The summed E-state index contributed by atoms with van der Waals surface area (Å²) in [6.07, 6.45) is -1.28. The number of carbonyl (C=O) groups excluding carboxylic acids is 4.